The smallest absolute Gasteiger partial charge is 0.251 e. The molecule has 0 radical (unpaired) electrons. The van der Waals surface area contributed by atoms with E-state index in [9.17, 15) is 9.59 Å². The van der Waals surface area contributed by atoms with Crippen molar-refractivity contribution in [3.8, 4) is 0 Å². The lowest BCUT2D eigenvalue weighted by atomic mass is 10.1. The molecule has 1 aromatic carbocycles. The van der Waals surface area contributed by atoms with Crippen LogP contribution >= 0.6 is 0 Å². The largest absolute Gasteiger partial charge is 0.455 e. The molecule has 0 atom stereocenters. The second kappa shape index (κ2) is 10.9. The molecule has 0 unspecified atom stereocenters. The summed E-state index contributed by atoms with van der Waals surface area (Å²) in [6.07, 6.45) is 2.09. The van der Waals surface area contributed by atoms with E-state index in [1.807, 2.05) is 7.05 Å². The van der Waals surface area contributed by atoms with Crippen LogP contribution < -0.4 is 10.6 Å². The van der Waals surface area contributed by atoms with Gasteiger partial charge in [-0.3, -0.25) is 9.59 Å². The number of rotatable bonds is 12. The Morgan fingerprint density at radius 2 is 1.37 bits per heavy atom. The van der Waals surface area contributed by atoms with Gasteiger partial charge in [0.15, 0.2) is 22.4 Å². The molecule has 7 heteroatoms. The Labute approximate surface area is 166 Å². The van der Waals surface area contributed by atoms with Crippen LogP contribution in [-0.2, 0) is 4.12 Å². The zero-order valence-corrected chi connectivity index (χ0v) is 19.8. The molecule has 1 rings (SSSR count). The monoisotopic (exact) mass is 408 g/mol. The molecule has 1 aromatic rings. The van der Waals surface area contributed by atoms with Crippen LogP contribution in [0.2, 0.25) is 38.3 Å². The Hall–Kier alpha value is -1.29. The van der Waals surface area contributed by atoms with E-state index in [-0.39, 0.29) is 11.7 Å². The highest BCUT2D eigenvalue weighted by Gasteiger charge is 2.32. The molecule has 0 aliphatic heterocycles. The molecule has 0 spiro atoms. The molecular formula is C20H36N2O3Si2. The predicted molar refractivity (Wildman–Crippen MR) is 118 cm³/mol. The first kappa shape index (κ1) is 23.8. The van der Waals surface area contributed by atoms with E-state index in [2.05, 4.69) is 36.8 Å². The van der Waals surface area contributed by atoms with Crippen molar-refractivity contribution in [3.63, 3.8) is 0 Å². The molecule has 0 aliphatic rings. The maximum Gasteiger partial charge on any atom is 0.251 e. The second-order valence-electron chi connectivity index (χ2n) is 8.32. The standard InChI is InChI=1S/C20H36N2O3Si2/c1-17(23)18-9-11-19(12-10-18)20(24)22-14-8-16-27(5,6)25-26(3,4)15-7-13-21-2/h9-12,21H,7-8,13-16H2,1-6H3,(H,22,24). The zero-order valence-electron chi connectivity index (χ0n) is 17.8. The normalized spacial score (nSPS) is 12.1. The van der Waals surface area contributed by atoms with Gasteiger partial charge in [0.1, 0.15) is 0 Å². The van der Waals surface area contributed by atoms with Crippen molar-refractivity contribution in [2.75, 3.05) is 20.1 Å². The fourth-order valence-electron chi connectivity index (χ4n) is 3.22. The van der Waals surface area contributed by atoms with Crippen molar-refractivity contribution < 1.29 is 13.7 Å². The summed E-state index contributed by atoms with van der Waals surface area (Å²) in [5.74, 6) is -0.0844. The lowest BCUT2D eigenvalue weighted by Crippen LogP contribution is -2.44. The zero-order chi connectivity index (χ0) is 20.5. The summed E-state index contributed by atoms with van der Waals surface area (Å²) in [5, 5.41) is 6.17. The van der Waals surface area contributed by atoms with Crippen LogP contribution in [0, 0.1) is 0 Å². The molecule has 1 amide bonds. The maximum atomic E-state index is 12.2. The highest BCUT2D eigenvalue weighted by molar-refractivity contribution is 6.84. The van der Waals surface area contributed by atoms with Gasteiger partial charge in [0.2, 0.25) is 0 Å². The topological polar surface area (TPSA) is 67.4 Å². The van der Waals surface area contributed by atoms with Gasteiger partial charge in [-0.05, 0) is 83.8 Å². The summed E-state index contributed by atoms with van der Waals surface area (Å²) in [6, 6.07) is 9.01. The Bertz CT molecular complexity index is 616. The first-order valence-corrected chi connectivity index (χ1v) is 16.0. The third kappa shape index (κ3) is 9.46. The average Bonchev–Trinajstić information content (AvgIpc) is 2.57. The Morgan fingerprint density at radius 3 is 1.85 bits per heavy atom. The fourth-order valence-corrected chi connectivity index (χ4v) is 12.1. The molecular weight excluding hydrogens is 372 g/mol. The molecule has 5 nitrogen and oxygen atoms in total. The molecule has 27 heavy (non-hydrogen) atoms. The number of ketones is 1. The highest BCUT2D eigenvalue weighted by atomic mass is 28.4. The summed E-state index contributed by atoms with van der Waals surface area (Å²) in [7, 11) is -1.35. The molecule has 2 N–H and O–H groups in total. The van der Waals surface area contributed by atoms with Gasteiger partial charge < -0.3 is 14.7 Å². The van der Waals surface area contributed by atoms with Crippen molar-refractivity contribution >= 4 is 28.3 Å². The van der Waals surface area contributed by atoms with Gasteiger partial charge in [-0.1, -0.05) is 12.1 Å². The average molecular weight is 409 g/mol. The third-order valence-electron chi connectivity index (χ3n) is 4.55. The van der Waals surface area contributed by atoms with Crippen molar-refractivity contribution in [3.05, 3.63) is 35.4 Å². The van der Waals surface area contributed by atoms with Crippen molar-refractivity contribution in [2.45, 2.75) is 58.0 Å². The fraction of sp³-hybridized carbons (Fsp3) is 0.600. The molecule has 0 heterocycles. The van der Waals surface area contributed by atoms with E-state index in [0.717, 1.165) is 19.0 Å². The minimum atomic E-state index is -1.72. The van der Waals surface area contributed by atoms with Gasteiger partial charge in [0.25, 0.3) is 5.91 Å². The number of carbonyl (C=O) groups excluding carboxylic acids is 2. The number of amides is 1. The van der Waals surface area contributed by atoms with Gasteiger partial charge in [-0.25, -0.2) is 0 Å². The second-order valence-corrected chi connectivity index (χ2v) is 17.2. The Morgan fingerprint density at radius 1 is 0.889 bits per heavy atom. The van der Waals surface area contributed by atoms with Gasteiger partial charge in [0.05, 0.1) is 0 Å². The summed E-state index contributed by atoms with van der Waals surface area (Å²) in [4.78, 5) is 23.5. The molecule has 152 valence electrons. The quantitative estimate of drug-likeness (QED) is 0.311. The summed E-state index contributed by atoms with van der Waals surface area (Å²) < 4.78 is 6.60. The Kier molecular flexibility index (Phi) is 9.59. The summed E-state index contributed by atoms with van der Waals surface area (Å²) >= 11 is 0. The van der Waals surface area contributed by atoms with Crippen LogP contribution in [0.1, 0.15) is 40.5 Å². The molecule has 0 aromatic heterocycles. The van der Waals surface area contributed by atoms with E-state index in [1.54, 1.807) is 24.3 Å². The lowest BCUT2D eigenvalue weighted by molar-refractivity contribution is 0.0951. The maximum absolute atomic E-state index is 12.2. The van der Waals surface area contributed by atoms with Crippen LogP contribution in [-0.4, -0.2) is 48.5 Å². The van der Waals surface area contributed by atoms with Gasteiger partial charge in [-0.2, -0.15) is 0 Å². The van der Waals surface area contributed by atoms with Crippen molar-refractivity contribution in [2.24, 2.45) is 0 Å². The molecule has 0 bridgehead atoms. The van der Waals surface area contributed by atoms with E-state index in [1.165, 1.54) is 19.4 Å². The van der Waals surface area contributed by atoms with Gasteiger partial charge >= 0.3 is 0 Å². The van der Waals surface area contributed by atoms with Crippen molar-refractivity contribution in [1.82, 2.24) is 10.6 Å². The SMILES string of the molecule is CNCCC[Si](C)(C)O[Si](C)(C)CCCNC(=O)c1ccc(C(C)=O)cc1. The molecule has 0 saturated heterocycles. The molecule has 0 saturated carbocycles. The Balaban J connectivity index is 2.38. The van der Waals surface area contributed by atoms with Crippen LogP contribution in [0.3, 0.4) is 0 Å². The number of nitrogens with one attached hydrogen (secondary N) is 2. The molecule has 0 fully saturated rings. The number of carbonyl (C=O) groups is 2. The van der Waals surface area contributed by atoms with Crippen molar-refractivity contribution in [1.29, 1.82) is 0 Å². The van der Waals surface area contributed by atoms with Crippen LogP contribution in [0.25, 0.3) is 0 Å². The van der Waals surface area contributed by atoms with E-state index >= 15 is 0 Å². The van der Waals surface area contributed by atoms with Crippen LogP contribution in [0.15, 0.2) is 24.3 Å². The number of Topliss-reactive ketones (excluding diaryl/α,β-unsaturated/α-hetero) is 1. The minimum absolute atomic E-state index is 0.00609. The molecule has 0 aliphatic carbocycles. The number of hydrogen-bond donors (Lipinski definition) is 2. The van der Waals surface area contributed by atoms with E-state index in [0.29, 0.717) is 17.7 Å². The minimum Gasteiger partial charge on any atom is -0.455 e. The van der Waals surface area contributed by atoms with E-state index in [4.69, 9.17) is 4.12 Å². The van der Waals surface area contributed by atoms with Crippen LogP contribution in [0.5, 0.6) is 0 Å². The highest BCUT2D eigenvalue weighted by Crippen LogP contribution is 2.23. The number of benzene rings is 1. The summed E-state index contributed by atoms with van der Waals surface area (Å²) in [6.45, 7) is 12.4. The predicted octanol–water partition coefficient (Wildman–Crippen LogP) is 4.05. The van der Waals surface area contributed by atoms with E-state index < -0.39 is 16.6 Å². The van der Waals surface area contributed by atoms with Gasteiger partial charge in [-0.15, -0.1) is 0 Å². The first-order chi connectivity index (χ1) is 12.6. The number of hydrogen-bond acceptors (Lipinski definition) is 4. The van der Waals surface area contributed by atoms with Gasteiger partial charge in [0, 0.05) is 17.7 Å². The third-order valence-corrected chi connectivity index (χ3v) is 12.1. The van der Waals surface area contributed by atoms with Crippen LogP contribution in [0.4, 0.5) is 0 Å². The first-order valence-electron chi connectivity index (χ1n) is 9.80. The lowest BCUT2D eigenvalue weighted by Gasteiger charge is -2.34. The summed E-state index contributed by atoms with van der Waals surface area (Å²) in [5.41, 5.74) is 1.21.